The van der Waals surface area contributed by atoms with Gasteiger partial charge in [-0.2, -0.15) is 0 Å². The van der Waals surface area contributed by atoms with Crippen molar-refractivity contribution in [3.63, 3.8) is 0 Å². The first-order chi connectivity index (χ1) is 40.0. The maximum atomic E-state index is 13.3. The summed E-state index contributed by atoms with van der Waals surface area (Å²) in [4.78, 5) is 53.4. The van der Waals surface area contributed by atoms with Gasteiger partial charge in [0.05, 0.1) is 81.1 Å². The van der Waals surface area contributed by atoms with Crippen LogP contribution < -0.4 is 58.9 Å². The second kappa shape index (κ2) is 28.3. The fourth-order valence-corrected chi connectivity index (χ4v) is 11.1. The molecule has 444 valence electrons. The lowest BCUT2D eigenvalue weighted by molar-refractivity contribution is 0.207. The molecule has 7 rings (SSSR count). The number of pyridine rings is 3. The highest BCUT2D eigenvalue weighted by atomic mass is 31.2. The lowest BCUT2D eigenvalue weighted by atomic mass is 10.1. The molecule has 0 radical (unpaired) electrons. The number of hydrogen-bond donors (Lipinski definition) is 3. The maximum Gasteiger partial charge on any atom is 0.244 e. The van der Waals surface area contributed by atoms with Crippen molar-refractivity contribution in [2.75, 3.05) is 123 Å². The molecule has 21 nitrogen and oxygen atoms in total. The number of nitrogens with zero attached hydrogens (tertiary/aromatic N) is 6. The van der Waals surface area contributed by atoms with Crippen molar-refractivity contribution in [1.82, 2.24) is 29.7 Å². The van der Waals surface area contributed by atoms with Crippen molar-refractivity contribution in [1.29, 1.82) is 0 Å². The number of rotatable bonds is 18. The molecular formula is C60H69N6O15P3. The molecule has 3 aromatic carbocycles. The summed E-state index contributed by atoms with van der Waals surface area (Å²) >= 11 is 0. The molecule has 1 aliphatic rings. The van der Waals surface area contributed by atoms with Crippen molar-refractivity contribution in [2.24, 2.45) is 0 Å². The molecule has 1 aliphatic heterocycles. The van der Waals surface area contributed by atoms with Gasteiger partial charge < -0.3 is 57.3 Å². The smallest absolute Gasteiger partial charge is 0.244 e. The Morgan fingerprint density at radius 1 is 0.345 bits per heavy atom. The lowest BCUT2D eigenvalue weighted by Crippen LogP contribution is -2.36. The summed E-state index contributed by atoms with van der Waals surface area (Å²) in [6.07, 6.45) is 0. The van der Waals surface area contributed by atoms with Crippen LogP contribution in [0.1, 0.15) is 50.5 Å². The highest BCUT2D eigenvalue weighted by Crippen LogP contribution is 2.41. The standard InChI is InChI=1S/C60H69N6O15P3/c1-73-49-28-43(29-50(74-2)58(49)79-7)16-13-40-25-46(61-55(34-40)82(10,67)68)37-64-19-21-65(38-47-26-41(35-56(62-47)83(11,69)70)14-17-44-30-51(75-3)59(80-8)52(31-44)76-4)23-24-66(22-20-64)39-48-27-42(36-57(63-48)84(12,71)72)15-18-45-32-53(77-5)60(81-9)54(33-45)78-6/h25-36H,19-24,37-39H2,1-12H3,(H,67,68)(H,69,70)(H,71,72). The molecule has 3 N–H and O–H groups in total. The van der Waals surface area contributed by atoms with Gasteiger partial charge in [0.25, 0.3) is 0 Å². The van der Waals surface area contributed by atoms with E-state index in [1.807, 2.05) is 0 Å². The molecule has 3 unspecified atom stereocenters. The van der Waals surface area contributed by atoms with Crippen LogP contribution in [0.25, 0.3) is 0 Å². The molecule has 24 heteroatoms. The van der Waals surface area contributed by atoms with Crippen LogP contribution in [-0.2, 0) is 33.3 Å². The van der Waals surface area contributed by atoms with Crippen LogP contribution >= 0.6 is 22.1 Å². The molecule has 1 saturated heterocycles. The summed E-state index contributed by atoms with van der Waals surface area (Å²) in [6.45, 7) is 7.29. The summed E-state index contributed by atoms with van der Waals surface area (Å²) in [5.74, 6) is 22.5. The molecule has 0 amide bonds. The summed E-state index contributed by atoms with van der Waals surface area (Å²) in [7, 11) is 1.88. The van der Waals surface area contributed by atoms with E-state index in [0.717, 1.165) is 0 Å². The molecule has 6 aromatic rings. The van der Waals surface area contributed by atoms with E-state index in [1.165, 1.54) is 102 Å². The Morgan fingerprint density at radius 2 is 0.536 bits per heavy atom. The summed E-state index contributed by atoms with van der Waals surface area (Å²) in [6, 6.07) is 20.1. The van der Waals surface area contributed by atoms with Gasteiger partial charge in [-0.05, 0) is 72.8 Å². The van der Waals surface area contributed by atoms with Crippen molar-refractivity contribution in [3.8, 4) is 87.3 Å². The second-order valence-corrected chi connectivity index (χ2v) is 26.2. The first-order valence-corrected chi connectivity index (χ1v) is 32.4. The van der Waals surface area contributed by atoms with Gasteiger partial charge in [-0.3, -0.25) is 28.4 Å². The molecule has 0 spiro atoms. The molecular weight excluding hydrogens is 1140 g/mol. The van der Waals surface area contributed by atoms with Crippen molar-refractivity contribution >= 4 is 38.4 Å². The molecule has 84 heavy (non-hydrogen) atoms. The Balaban J connectivity index is 1.26. The largest absolute Gasteiger partial charge is 0.493 e. The van der Waals surface area contributed by atoms with Gasteiger partial charge >= 0.3 is 0 Å². The summed E-state index contributed by atoms with van der Waals surface area (Å²) in [5.41, 5.74) is 4.43. The normalized spacial score (nSPS) is 15.2. The molecule has 3 atom stereocenters. The minimum atomic E-state index is -3.90. The topological polar surface area (TPSA) is 243 Å². The molecule has 0 saturated carbocycles. The van der Waals surface area contributed by atoms with Gasteiger partial charge in [0.2, 0.25) is 39.4 Å². The van der Waals surface area contributed by atoms with E-state index >= 15 is 0 Å². The highest BCUT2D eigenvalue weighted by Gasteiger charge is 2.25. The first kappa shape index (κ1) is 64.0. The van der Waals surface area contributed by atoms with Gasteiger partial charge in [-0.25, -0.2) is 15.0 Å². The van der Waals surface area contributed by atoms with E-state index in [4.69, 9.17) is 57.6 Å². The Bertz CT molecular complexity index is 3270. The lowest BCUT2D eigenvalue weighted by Gasteiger charge is -2.26. The van der Waals surface area contributed by atoms with Crippen molar-refractivity contribution < 1.29 is 71.0 Å². The monoisotopic (exact) mass is 1210 g/mol. The third kappa shape index (κ3) is 16.8. The van der Waals surface area contributed by atoms with E-state index in [2.05, 4.69) is 50.2 Å². The second-order valence-electron chi connectivity index (χ2n) is 19.6. The van der Waals surface area contributed by atoms with Crippen molar-refractivity contribution in [3.05, 3.63) is 123 Å². The zero-order valence-electron chi connectivity index (χ0n) is 49.1. The summed E-state index contributed by atoms with van der Waals surface area (Å²) < 4.78 is 89.7. The molecule has 0 bridgehead atoms. The van der Waals surface area contributed by atoms with E-state index in [0.29, 0.717) is 141 Å². The third-order valence-corrected chi connectivity index (χ3v) is 16.5. The van der Waals surface area contributed by atoms with Gasteiger partial charge in [0, 0.05) is 112 Å². The summed E-state index contributed by atoms with van der Waals surface area (Å²) in [5, 5.41) is 0. The van der Waals surface area contributed by atoms with E-state index < -0.39 is 22.1 Å². The quantitative estimate of drug-likeness (QED) is 0.0706. The molecule has 4 heterocycles. The highest BCUT2D eigenvalue weighted by molar-refractivity contribution is 7.65. The molecule has 0 aliphatic carbocycles. The Kier molecular flexibility index (Phi) is 21.6. The van der Waals surface area contributed by atoms with Gasteiger partial charge in [0.1, 0.15) is 16.3 Å². The van der Waals surface area contributed by atoms with Gasteiger partial charge in [0.15, 0.2) is 34.5 Å². The Hall–Kier alpha value is -7.56. The minimum Gasteiger partial charge on any atom is -0.493 e. The number of ether oxygens (including phenoxy) is 9. The first-order valence-electron chi connectivity index (χ1n) is 26.1. The average molecular weight is 1210 g/mol. The number of hydrogen-bond acceptors (Lipinski definition) is 18. The number of benzene rings is 3. The van der Waals surface area contributed by atoms with Crippen LogP contribution in [-0.4, -0.2) is 168 Å². The zero-order valence-corrected chi connectivity index (χ0v) is 51.7. The molecule has 1 fully saturated rings. The van der Waals surface area contributed by atoms with Crippen LogP contribution in [0.5, 0.6) is 51.7 Å². The van der Waals surface area contributed by atoms with E-state index in [1.54, 1.807) is 54.6 Å². The molecule has 3 aromatic heterocycles. The maximum absolute atomic E-state index is 13.3. The van der Waals surface area contributed by atoms with E-state index in [9.17, 15) is 28.4 Å². The van der Waals surface area contributed by atoms with E-state index in [-0.39, 0.29) is 35.9 Å². The van der Waals surface area contributed by atoms with Crippen molar-refractivity contribution in [2.45, 2.75) is 19.6 Å². The third-order valence-electron chi connectivity index (χ3n) is 13.3. The number of aromatic nitrogens is 3. The predicted octanol–water partition coefficient (Wildman–Crippen LogP) is 5.54. The zero-order chi connectivity index (χ0) is 60.9. The fourth-order valence-electron chi connectivity index (χ4n) is 9.05. The van der Waals surface area contributed by atoms with Gasteiger partial charge in [-0.15, -0.1) is 0 Å². The Morgan fingerprint density at radius 3 is 0.702 bits per heavy atom. The van der Waals surface area contributed by atoms with Crippen LogP contribution in [0.4, 0.5) is 0 Å². The SMILES string of the molecule is COc1cc(C#Cc2cc(CN3CCN(Cc4cc(C#Cc5cc(OC)c(OC)c(OC)c5)cc(P(C)(=O)O)n4)CCN(Cc4cc(C#Cc5cc(OC)c(OC)c(OC)c5)cc(P(C)(=O)O)n4)CC3)nc(P(C)(=O)O)c2)cc(OC)c1OC. The van der Waals surface area contributed by atoms with Crippen LogP contribution in [0.2, 0.25) is 0 Å². The predicted molar refractivity (Wildman–Crippen MR) is 321 cm³/mol. The fraction of sp³-hybridized carbons (Fsp3) is 0.350. The van der Waals surface area contributed by atoms with Crippen LogP contribution in [0.15, 0.2) is 72.8 Å². The minimum absolute atomic E-state index is 0.0128. The number of methoxy groups -OCH3 is 9. The van der Waals surface area contributed by atoms with Crippen LogP contribution in [0.3, 0.4) is 0 Å². The average Bonchev–Trinajstić information content (AvgIpc) is 3.34. The Labute approximate surface area is 490 Å². The van der Waals surface area contributed by atoms with Gasteiger partial charge in [-0.1, -0.05) is 35.5 Å². The van der Waals surface area contributed by atoms with Crippen LogP contribution in [0, 0.1) is 35.5 Å².